The molecular weight excluding hydrogens is 286 g/mol. The van der Waals surface area contributed by atoms with Crippen LogP contribution in [0.2, 0.25) is 0 Å². The quantitative estimate of drug-likeness (QED) is 0.839. The van der Waals surface area contributed by atoms with Crippen molar-refractivity contribution in [2.75, 3.05) is 6.54 Å². The Morgan fingerprint density at radius 1 is 1.19 bits per heavy atom. The average Bonchev–Trinajstić information content (AvgIpc) is 2.42. The lowest BCUT2D eigenvalue weighted by molar-refractivity contribution is 0.0528. The highest BCUT2D eigenvalue weighted by Gasteiger charge is 2.17. The molecule has 2 aromatic rings. The molecule has 0 fully saturated rings. The molecule has 112 valence electrons. The second-order valence-corrected chi connectivity index (χ2v) is 6.48. The SMILES string of the molecule is CC(C)(C)OC(=O)NCC(Cl)c1ccc2ccccc2c1. The van der Waals surface area contributed by atoms with Crippen LogP contribution >= 0.6 is 11.6 Å². The van der Waals surface area contributed by atoms with Gasteiger partial charge in [0.25, 0.3) is 0 Å². The number of hydrogen-bond acceptors (Lipinski definition) is 2. The number of ether oxygens (including phenoxy) is 1. The maximum Gasteiger partial charge on any atom is 0.407 e. The van der Waals surface area contributed by atoms with Gasteiger partial charge in [0.2, 0.25) is 0 Å². The van der Waals surface area contributed by atoms with E-state index >= 15 is 0 Å². The number of alkyl halides is 1. The van der Waals surface area contributed by atoms with Crippen LogP contribution in [0.1, 0.15) is 31.7 Å². The van der Waals surface area contributed by atoms with Crippen LogP contribution in [0.3, 0.4) is 0 Å². The standard InChI is InChI=1S/C17H20ClNO2/c1-17(2,3)21-16(20)19-11-15(18)14-9-8-12-6-4-5-7-13(12)10-14/h4-10,15H,11H2,1-3H3,(H,19,20). The fraction of sp³-hybridized carbons (Fsp3) is 0.353. The number of carbonyl (C=O) groups excluding carboxylic acids is 1. The van der Waals surface area contributed by atoms with Gasteiger partial charge in [0, 0.05) is 6.54 Å². The molecule has 0 aliphatic rings. The molecule has 4 heteroatoms. The molecule has 0 radical (unpaired) electrons. The van der Waals surface area contributed by atoms with Crippen LogP contribution in [-0.4, -0.2) is 18.2 Å². The third-order valence-electron chi connectivity index (χ3n) is 2.96. The van der Waals surface area contributed by atoms with Gasteiger partial charge < -0.3 is 10.1 Å². The molecule has 1 amide bonds. The Bertz CT molecular complexity index is 634. The third kappa shape index (κ3) is 4.64. The second-order valence-electron chi connectivity index (χ2n) is 5.96. The van der Waals surface area contributed by atoms with E-state index in [1.165, 1.54) is 5.39 Å². The van der Waals surface area contributed by atoms with E-state index in [9.17, 15) is 4.79 Å². The summed E-state index contributed by atoms with van der Waals surface area (Å²) < 4.78 is 5.19. The van der Waals surface area contributed by atoms with Crippen LogP contribution in [0, 0.1) is 0 Å². The number of amides is 1. The van der Waals surface area contributed by atoms with E-state index in [0.717, 1.165) is 10.9 Å². The van der Waals surface area contributed by atoms with Crippen LogP contribution in [0.4, 0.5) is 4.79 Å². The van der Waals surface area contributed by atoms with Gasteiger partial charge in [0.05, 0.1) is 5.38 Å². The first-order valence-electron chi connectivity index (χ1n) is 6.95. The van der Waals surface area contributed by atoms with Gasteiger partial charge in [-0.15, -0.1) is 11.6 Å². The van der Waals surface area contributed by atoms with Crippen LogP contribution in [0.5, 0.6) is 0 Å². The highest BCUT2D eigenvalue weighted by atomic mass is 35.5. The van der Waals surface area contributed by atoms with E-state index in [2.05, 4.69) is 11.4 Å². The Kier molecular flexibility index (Phi) is 4.73. The summed E-state index contributed by atoms with van der Waals surface area (Å²) in [7, 11) is 0. The zero-order chi connectivity index (χ0) is 15.5. The maximum atomic E-state index is 11.6. The Hall–Kier alpha value is -1.74. The van der Waals surface area contributed by atoms with E-state index in [1.807, 2.05) is 57.2 Å². The first-order valence-corrected chi connectivity index (χ1v) is 7.38. The van der Waals surface area contributed by atoms with Crippen molar-refractivity contribution < 1.29 is 9.53 Å². The first-order chi connectivity index (χ1) is 9.85. The highest BCUT2D eigenvalue weighted by molar-refractivity contribution is 6.21. The molecule has 0 aliphatic heterocycles. The van der Waals surface area contributed by atoms with Crippen molar-refractivity contribution in [2.45, 2.75) is 31.7 Å². The Balaban J connectivity index is 1.99. The smallest absolute Gasteiger partial charge is 0.407 e. The molecule has 3 nitrogen and oxygen atoms in total. The summed E-state index contributed by atoms with van der Waals surface area (Å²) in [6.07, 6.45) is -0.450. The average molecular weight is 306 g/mol. The summed E-state index contributed by atoms with van der Waals surface area (Å²) >= 11 is 6.35. The summed E-state index contributed by atoms with van der Waals surface area (Å²) in [5.74, 6) is 0. The van der Waals surface area contributed by atoms with E-state index in [0.29, 0.717) is 6.54 Å². The highest BCUT2D eigenvalue weighted by Crippen LogP contribution is 2.24. The molecule has 0 spiro atoms. The molecule has 1 N–H and O–H groups in total. The number of nitrogens with one attached hydrogen (secondary N) is 1. The predicted octanol–water partition coefficient (Wildman–Crippen LogP) is 4.64. The number of carbonyl (C=O) groups is 1. The van der Waals surface area contributed by atoms with Crippen molar-refractivity contribution in [3.05, 3.63) is 48.0 Å². The summed E-state index contributed by atoms with van der Waals surface area (Å²) in [5.41, 5.74) is 0.473. The molecular formula is C17H20ClNO2. The number of fused-ring (bicyclic) bond motifs is 1. The Morgan fingerprint density at radius 3 is 2.52 bits per heavy atom. The van der Waals surface area contributed by atoms with Gasteiger partial charge in [-0.3, -0.25) is 0 Å². The molecule has 0 bridgehead atoms. The number of halogens is 1. The van der Waals surface area contributed by atoms with E-state index < -0.39 is 11.7 Å². The minimum atomic E-state index is -0.505. The molecule has 1 atom stereocenters. The van der Waals surface area contributed by atoms with Crippen molar-refractivity contribution in [1.29, 1.82) is 0 Å². The van der Waals surface area contributed by atoms with Crippen LogP contribution < -0.4 is 5.32 Å². The molecule has 0 saturated carbocycles. The lowest BCUT2D eigenvalue weighted by Gasteiger charge is -2.20. The molecule has 2 aromatic carbocycles. The monoisotopic (exact) mass is 305 g/mol. The third-order valence-corrected chi connectivity index (χ3v) is 3.37. The molecule has 0 aromatic heterocycles. The number of rotatable bonds is 3. The summed E-state index contributed by atoms with van der Waals surface area (Å²) in [4.78, 5) is 11.6. The fourth-order valence-electron chi connectivity index (χ4n) is 2.01. The van der Waals surface area contributed by atoms with Gasteiger partial charge in [-0.2, -0.15) is 0 Å². The van der Waals surface area contributed by atoms with Gasteiger partial charge in [-0.1, -0.05) is 36.4 Å². The molecule has 21 heavy (non-hydrogen) atoms. The normalized spacial score (nSPS) is 13.0. The van der Waals surface area contributed by atoms with Crippen molar-refractivity contribution in [3.8, 4) is 0 Å². The van der Waals surface area contributed by atoms with Crippen LogP contribution in [0.15, 0.2) is 42.5 Å². The fourth-order valence-corrected chi connectivity index (χ4v) is 2.22. The van der Waals surface area contributed by atoms with Gasteiger partial charge in [-0.25, -0.2) is 4.79 Å². The van der Waals surface area contributed by atoms with Crippen molar-refractivity contribution in [2.24, 2.45) is 0 Å². The minimum absolute atomic E-state index is 0.290. The van der Waals surface area contributed by atoms with Gasteiger partial charge in [0.1, 0.15) is 5.60 Å². The topological polar surface area (TPSA) is 38.3 Å². The molecule has 0 aliphatic carbocycles. The van der Waals surface area contributed by atoms with Crippen LogP contribution in [-0.2, 0) is 4.74 Å². The van der Waals surface area contributed by atoms with Gasteiger partial charge >= 0.3 is 6.09 Å². The van der Waals surface area contributed by atoms with E-state index in [1.54, 1.807) is 0 Å². The number of alkyl carbamates (subject to hydrolysis) is 1. The summed E-state index contributed by atoms with van der Waals surface area (Å²) in [6, 6.07) is 14.2. The van der Waals surface area contributed by atoms with Gasteiger partial charge in [0.15, 0.2) is 0 Å². The second kappa shape index (κ2) is 6.35. The zero-order valence-corrected chi connectivity index (χ0v) is 13.3. The number of benzene rings is 2. The van der Waals surface area contributed by atoms with Crippen LogP contribution in [0.25, 0.3) is 10.8 Å². The molecule has 0 saturated heterocycles. The maximum absolute atomic E-state index is 11.6. The van der Waals surface area contributed by atoms with Crippen molar-refractivity contribution >= 4 is 28.5 Å². The van der Waals surface area contributed by atoms with E-state index in [4.69, 9.17) is 16.3 Å². The van der Waals surface area contributed by atoms with Crippen molar-refractivity contribution in [3.63, 3.8) is 0 Å². The minimum Gasteiger partial charge on any atom is -0.444 e. The van der Waals surface area contributed by atoms with E-state index in [-0.39, 0.29) is 5.38 Å². The Labute approximate surface area is 130 Å². The summed E-state index contributed by atoms with van der Waals surface area (Å²) in [6.45, 7) is 5.81. The predicted molar refractivity (Wildman–Crippen MR) is 86.8 cm³/mol. The lowest BCUT2D eigenvalue weighted by Crippen LogP contribution is -2.34. The Morgan fingerprint density at radius 2 is 1.86 bits per heavy atom. The largest absolute Gasteiger partial charge is 0.444 e. The van der Waals surface area contributed by atoms with Gasteiger partial charge in [-0.05, 0) is 43.2 Å². The zero-order valence-electron chi connectivity index (χ0n) is 12.5. The number of hydrogen-bond donors (Lipinski definition) is 1. The first kappa shape index (κ1) is 15.6. The lowest BCUT2D eigenvalue weighted by atomic mass is 10.0. The van der Waals surface area contributed by atoms with Crippen molar-refractivity contribution in [1.82, 2.24) is 5.32 Å². The summed E-state index contributed by atoms with van der Waals surface area (Å²) in [5, 5.41) is 4.71. The molecule has 2 rings (SSSR count). The molecule has 0 heterocycles. The molecule has 1 unspecified atom stereocenters.